The van der Waals surface area contributed by atoms with Gasteiger partial charge in [0, 0.05) is 5.56 Å². The van der Waals surface area contributed by atoms with Crippen molar-refractivity contribution in [1.82, 2.24) is 0 Å². The molecule has 2 rings (SSSR count). The van der Waals surface area contributed by atoms with E-state index in [1.54, 1.807) is 0 Å². The number of ether oxygens (including phenoxy) is 2. The third-order valence-corrected chi connectivity index (χ3v) is 6.22. The quantitative estimate of drug-likeness (QED) is 0.0996. The molecule has 4 nitrogen and oxygen atoms in total. The fourth-order valence-corrected chi connectivity index (χ4v) is 4.34. The largest absolute Gasteiger partial charge is 0.457 e. The van der Waals surface area contributed by atoms with Gasteiger partial charge in [0.1, 0.15) is 12.3 Å². The minimum Gasteiger partial charge on any atom is -0.457 e. The third kappa shape index (κ3) is 12.2. The number of quaternary nitrogens is 1. The van der Waals surface area contributed by atoms with Gasteiger partial charge in [-0.25, -0.2) is 4.79 Å². The Morgan fingerprint density at radius 1 is 0.765 bits per heavy atom. The number of carbonyl (C=O) groups excluding carboxylic acids is 1. The minimum atomic E-state index is -0.242. The Kier molecular flexibility index (Phi) is 13.4. The van der Waals surface area contributed by atoms with Gasteiger partial charge < -0.3 is 14.0 Å². The summed E-state index contributed by atoms with van der Waals surface area (Å²) < 4.78 is 11.8. The summed E-state index contributed by atoms with van der Waals surface area (Å²) in [6.45, 7) is 3.31. The second-order valence-corrected chi connectivity index (χ2v) is 10.1. The Hall–Kier alpha value is -2.33. The van der Waals surface area contributed by atoms with Gasteiger partial charge in [-0.05, 0) is 24.5 Å². The van der Waals surface area contributed by atoms with Crippen molar-refractivity contribution in [2.45, 2.75) is 84.1 Å². The van der Waals surface area contributed by atoms with E-state index in [1.807, 2.05) is 50.5 Å². The first-order valence-electron chi connectivity index (χ1n) is 13.2. The number of para-hydroxylation sites is 1. The second kappa shape index (κ2) is 16.3. The molecular formula is C30H46NO3+. The number of likely N-dealkylation sites (N-methyl/N-ethyl adjacent to an activating group) is 1. The van der Waals surface area contributed by atoms with E-state index >= 15 is 0 Å². The zero-order chi connectivity index (χ0) is 24.5. The molecule has 0 N–H and O–H groups in total. The lowest BCUT2D eigenvalue weighted by molar-refractivity contribution is -0.896. The van der Waals surface area contributed by atoms with Gasteiger partial charge in [0.2, 0.25) is 6.79 Å². The third-order valence-electron chi connectivity index (χ3n) is 6.22. The van der Waals surface area contributed by atoms with Gasteiger partial charge in [-0.3, -0.25) is 0 Å². The molecule has 0 aliphatic carbocycles. The van der Waals surface area contributed by atoms with E-state index in [4.69, 9.17) is 9.47 Å². The molecule has 188 valence electrons. The topological polar surface area (TPSA) is 35.5 Å². The molecule has 4 heteroatoms. The molecule has 0 fully saturated rings. The van der Waals surface area contributed by atoms with Gasteiger partial charge >= 0.3 is 5.97 Å². The number of esters is 1. The van der Waals surface area contributed by atoms with Crippen molar-refractivity contribution >= 4 is 5.97 Å². The number of nitrogens with zero attached hydrogens (tertiary/aromatic N) is 1. The van der Waals surface area contributed by atoms with Crippen molar-refractivity contribution in [2.24, 2.45) is 0 Å². The zero-order valence-corrected chi connectivity index (χ0v) is 21.8. The summed E-state index contributed by atoms with van der Waals surface area (Å²) >= 11 is 0. The number of hydrogen-bond acceptors (Lipinski definition) is 3. The number of aryl methyl sites for hydroxylation is 1. The highest BCUT2D eigenvalue weighted by Crippen LogP contribution is 2.21. The average molecular weight is 469 g/mol. The van der Waals surface area contributed by atoms with Crippen molar-refractivity contribution < 1.29 is 18.8 Å². The van der Waals surface area contributed by atoms with Gasteiger partial charge in [-0.1, -0.05) is 113 Å². The van der Waals surface area contributed by atoms with Crippen molar-refractivity contribution in [3.63, 3.8) is 0 Å². The summed E-state index contributed by atoms with van der Waals surface area (Å²) in [5, 5.41) is 0. The summed E-state index contributed by atoms with van der Waals surface area (Å²) in [5.74, 6) is 0.581. The Balaban J connectivity index is 1.63. The van der Waals surface area contributed by atoms with E-state index in [-0.39, 0.29) is 12.8 Å². The van der Waals surface area contributed by atoms with E-state index in [2.05, 4.69) is 25.1 Å². The average Bonchev–Trinajstić information content (AvgIpc) is 2.81. The van der Waals surface area contributed by atoms with Crippen LogP contribution < -0.4 is 4.74 Å². The summed E-state index contributed by atoms with van der Waals surface area (Å²) in [4.78, 5) is 12.4. The first kappa shape index (κ1) is 27.9. The smallest absolute Gasteiger partial charge is 0.364 e. The van der Waals surface area contributed by atoms with Gasteiger partial charge in [0.15, 0.2) is 6.54 Å². The summed E-state index contributed by atoms with van der Waals surface area (Å²) in [6, 6.07) is 18.3. The van der Waals surface area contributed by atoms with E-state index in [0.717, 1.165) is 18.7 Å². The molecule has 0 saturated heterocycles. The number of rotatable bonds is 18. The van der Waals surface area contributed by atoms with Crippen molar-refractivity contribution in [3.8, 4) is 5.75 Å². The van der Waals surface area contributed by atoms with Gasteiger partial charge in [-0.15, -0.1) is 0 Å². The Morgan fingerprint density at radius 3 is 2.03 bits per heavy atom. The summed E-state index contributed by atoms with van der Waals surface area (Å²) in [5.41, 5.74) is 2.40. The monoisotopic (exact) mass is 468 g/mol. The molecule has 0 amide bonds. The molecule has 0 heterocycles. The molecule has 0 spiro atoms. The van der Waals surface area contributed by atoms with Crippen LogP contribution in [0.3, 0.4) is 0 Å². The van der Waals surface area contributed by atoms with Crippen LogP contribution in [0.2, 0.25) is 0 Å². The Morgan fingerprint density at radius 2 is 1.35 bits per heavy atom. The van der Waals surface area contributed by atoms with Crippen LogP contribution in [-0.2, 0) is 22.5 Å². The maximum absolute atomic E-state index is 12.4. The van der Waals surface area contributed by atoms with Gasteiger partial charge in [0.05, 0.1) is 14.1 Å². The summed E-state index contributed by atoms with van der Waals surface area (Å²) in [6.07, 6.45) is 14.3. The predicted octanol–water partition coefficient (Wildman–Crippen LogP) is 7.31. The minimum absolute atomic E-state index is 0.0424. The first-order valence-corrected chi connectivity index (χ1v) is 13.2. The fraction of sp³-hybridized carbons (Fsp3) is 0.567. The predicted molar refractivity (Wildman–Crippen MR) is 141 cm³/mol. The Bertz CT molecular complexity index is 804. The molecule has 34 heavy (non-hydrogen) atoms. The molecule has 0 aromatic heterocycles. The highest BCUT2D eigenvalue weighted by atomic mass is 16.7. The zero-order valence-electron chi connectivity index (χ0n) is 21.8. The van der Waals surface area contributed by atoms with E-state index in [9.17, 15) is 4.79 Å². The Labute approximate surface area is 207 Å². The second-order valence-electron chi connectivity index (χ2n) is 10.1. The lowest BCUT2D eigenvalue weighted by atomic mass is 10.0. The molecular weight excluding hydrogens is 422 g/mol. The highest BCUT2D eigenvalue weighted by Gasteiger charge is 2.22. The number of benzene rings is 2. The van der Waals surface area contributed by atoms with E-state index in [0.29, 0.717) is 11.0 Å². The number of unbranched alkanes of at least 4 members (excludes halogenated alkanes) is 9. The van der Waals surface area contributed by atoms with Crippen molar-refractivity contribution in [3.05, 3.63) is 65.7 Å². The van der Waals surface area contributed by atoms with Crippen LogP contribution in [0.25, 0.3) is 0 Å². The fourth-order valence-electron chi connectivity index (χ4n) is 4.34. The molecule has 0 aliphatic heterocycles. The normalized spacial score (nSPS) is 11.4. The molecule has 2 aromatic rings. The van der Waals surface area contributed by atoms with Crippen molar-refractivity contribution in [2.75, 3.05) is 27.4 Å². The van der Waals surface area contributed by atoms with E-state index in [1.165, 1.54) is 75.3 Å². The van der Waals surface area contributed by atoms with Crippen LogP contribution in [-0.4, -0.2) is 37.9 Å². The maximum Gasteiger partial charge on any atom is 0.364 e. The summed E-state index contributed by atoms with van der Waals surface area (Å²) in [7, 11) is 4.08. The van der Waals surface area contributed by atoms with Gasteiger partial charge in [-0.2, -0.15) is 0 Å². The maximum atomic E-state index is 12.4. The van der Waals surface area contributed by atoms with Crippen LogP contribution in [0.15, 0.2) is 54.6 Å². The van der Waals surface area contributed by atoms with E-state index < -0.39 is 0 Å². The van der Waals surface area contributed by atoms with Crippen LogP contribution in [0, 0.1) is 0 Å². The van der Waals surface area contributed by atoms with Crippen LogP contribution in [0.4, 0.5) is 0 Å². The molecule has 0 aliphatic rings. The SMILES string of the molecule is CCCCCCCCCCCCc1ccccc1OCOC(=O)C[N+](C)(C)Cc1ccccc1. The van der Waals surface area contributed by atoms with Crippen molar-refractivity contribution in [1.29, 1.82) is 0 Å². The number of hydrogen-bond donors (Lipinski definition) is 0. The molecule has 2 aromatic carbocycles. The lowest BCUT2D eigenvalue weighted by Gasteiger charge is -2.28. The standard InChI is InChI=1S/C30H46NO3/c1-4-5-6-7-8-9-10-11-12-16-21-28-22-17-18-23-29(28)33-26-34-30(32)25-31(2,3)24-27-19-14-13-15-20-27/h13-15,17-20,22-23H,4-12,16,21,24-26H2,1-3H3/q+1. The van der Waals surface area contributed by atoms with Crippen LogP contribution >= 0.6 is 0 Å². The molecule has 0 saturated carbocycles. The van der Waals surface area contributed by atoms with Gasteiger partial charge in [0.25, 0.3) is 0 Å². The van der Waals surface area contributed by atoms with Crippen LogP contribution in [0.1, 0.15) is 82.3 Å². The molecule has 0 unspecified atom stereocenters. The lowest BCUT2D eigenvalue weighted by Crippen LogP contribution is -2.43. The van der Waals surface area contributed by atoms with Crippen LogP contribution in [0.5, 0.6) is 5.75 Å². The molecule has 0 radical (unpaired) electrons. The molecule has 0 atom stereocenters. The highest BCUT2D eigenvalue weighted by molar-refractivity contribution is 5.70. The number of carbonyl (C=O) groups is 1. The molecule has 0 bridgehead atoms. The first-order chi connectivity index (χ1) is 16.5.